The molecule has 6 rings (SSSR count). The third kappa shape index (κ3) is 4.98. The van der Waals surface area contributed by atoms with Gasteiger partial charge >= 0.3 is 0 Å². The van der Waals surface area contributed by atoms with Crippen LogP contribution in [0.5, 0.6) is 5.75 Å². The van der Waals surface area contributed by atoms with Crippen LogP contribution in [0.15, 0.2) is 36.5 Å². The number of hydrogen-bond donors (Lipinski definition) is 1. The lowest BCUT2D eigenvalue weighted by Crippen LogP contribution is -2.62. The van der Waals surface area contributed by atoms with Gasteiger partial charge in [-0.15, -0.1) is 5.10 Å². The SMILES string of the molecule is COCCOc1cc2[nH]nc(-c3cn(-c4ccc(C(=O)N5CC(N6CCOCC6)C5)c(C)c4)nn3)c2cc1F. The van der Waals surface area contributed by atoms with Crippen molar-refractivity contribution in [2.24, 2.45) is 0 Å². The number of ether oxygens (including phenoxy) is 3. The van der Waals surface area contributed by atoms with E-state index in [9.17, 15) is 9.18 Å². The fourth-order valence-electron chi connectivity index (χ4n) is 5.05. The molecular weight excluding hydrogens is 505 g/mol. The van der Waals surface area contributed by atoms with Gasteiger partial charge in [-0.25, -0.2) is 9.07 Å². The number of halogens is 1. The van der Waals surface area contributed by atoms with Crippen LogP contribution in [0.3, 0.4) is 0 Å². The van der Waals surface area contributed by atoms with Crippen LogP contribution in [0, 0.1) is 12.7 Å². The second kappa shape index (κ2) is 10.7. The molecule has 4 aromatic rings. The topological polar surface area (TPSA) is 111 Å². The molecule has 2 aliphatic heterocycles. The Morgan fingerprint density at radius 3 is 2.77 bits per heavy atom. The molecule has 39 heavy (non-hydrogen) atoms. The summed E-state index contributed by atoms with van der Waals surface area (Å²) in [6, 6.07) is 8.95. The summed E-state index contributed by atoms with van der Waals surface area (Å²) in [4.78, 5) is 17.4. The monoisotopic (exact) mass is 535 g/mol. The van der Waals surface area contributed by atoms with Crippen LogP contribution < -0.4 is 4.74 Å². The predicted molar refractivity (Wildman–Crippen MR) is 141 cm³/mol. The van der Waals surface area contributed by atoms with Crippen LogP contribution in [0.4, 0.5) is 4.39 Å². The Morgan fingerprint density at radius 2 is 2.00 bits per heavy atom. The first-order valence-corrected chi connectivity index (χ1v) is 13.0. The minimum atomic E-state index is -0.497. The molecule has 0 spiro atoms. The van der Waals surface area contributed by atoms with Crippen molar-refractivity contribution in [3.8, 4) is 22.8 Å². The molecule has 1 N–H and O–H groups in total. The molecule has 2 aromatic heterocycles. The van der Waals surface area contributed by atoms with Gasteiger partial charge in [-0.1, -0.05) is 5.21 Å². The second-order valence-electron chi connectivity index (χ2n) is 9.80. The highest BCUT2D eigenvalue weighted by Gasteiger charge is 2.36. The molecule has 2 aromatic carbocycles. The number of nitrogens with zero attached hydrogens (tertiary/aromatic N) is 6. The number of aryl methyl sites for hydroxylation is 1. The summed E-state index contributed by atoms with van der Waals surface area (Å²) < 4.78 is 32.1. The van der Waals surface area contributed by atoms with Crippen LogP contribution in [-0.4, -0.2) is 107 Å². The highest BCUT2D eigenvalue weighted by molar-refractivity contribution is 5.96. The maximum atomic E-state index is 14.7. The molecule has 2 fully saturated rings. The summed E-state index contributed by atoms with van der Waals surface area (Å²) in [5.74, 6) is -0.334. The van der Waals surface area contributed by atoms with Gasteiger partial charge in [0.25, 0.3) is 5.91 Å². The maximum Gasteiger partial charge on any atom is 0.254 e. The Labute approximate surface area is 224 Å². The van der Waals surface area contributed by atoms with E-state index in [4.69, 9.17) is 14.2 Å². The lowest BCUT2D eigenvalue weighted by atomic mass is 10.0. The number of morpholine rings is 1. The van der Waals surface area contributed by atoms with E-state index in [-0.39, 0.29) is 18.3 Å². The lowest BCUT2D eigenvalue weighted by molar-refractivity contribution is -0.0256. The van der Waals surface area contributed by atoms with Crippen molar-refractivity contribution in [2.45, 2.75) is 13.0 Å². The van der Waals surface area contributed by atoms with Gasteiger partial charge in [0.2, 0.25) is 0 Å². The number of benzene rings is 2. The van der Waals surface area contributed by atoms with Crippen LogP contribution in [-0.2, 0) is 9.47 Å². The zero-order chi connectivity index (χ0) is 26.9. The van der Waals surface area contributed by atoms with Gasteiger partial charge in [0.15, 0.2) is 11.6 Å². The largest absolute Gasteiger partial charge is 0.488 e. The van der Waals surface area contributed by atoms with Crippen molar-refractivity contribution in [1.82, 2.24) is 35.0 Å². The third-order valence-corrected chi connectivity index (χ3v) is 7.31. The van der Waals surface area contributed by atoms with Gasteiger partial charge < -0.3 is 19.1 Å². The number of H-pyrrole nitrogens is 1. The van der Waals surface area contributed by atoms with E-state index in [1.54, 1.807) is 24.1 Å². The first-order chi connectivity index (χ1) is 19.0. The van der Waals surface area contributed by atoms with E-state index in [0.717, 1.165) is 50.6 Å². The molecule has 0 bridgehead atoms. The van der Waals surface area contributed by atoms with Gasteiger partial charge in [0.05, 0.1) is 37.2 Å². The quantitative estimate of drug-likeness (QED) is 0.343. The fourth-order valence-corrected chi connectivity index (χ4v) is 5.05. The minimum Gasteiger partial charge on any atom is -0.488 e. The Kier molecular flexibility index (Phi) is 6.98. The van der Waals surface area contributed by atoms with E-state index >= 15 is 0 Å². The number of carbonyl (C=O) groups excluding carboxylic acids is 1. The van der Waals surface area contributed by atoms with Gasteiger partial charge in [0.1, 0.15) is 18.0 Å². The average molecular weight is 536 g/mol. The number of aromatic nitrogens is 5. The average Bonchev–Trinajstić information content (AvgIpc) is 3.56. The van der Waals surface area contributed by atoms with Gasteiger partial charge in [-0.3, -0.25) is 14.8 Å². The molecule has 2 saturated heterocycles. The van der Waals surface area contributed by atoms with Crippen molar-refractivity contribution in [3.63, 3.8) is 0 Å². The summed E-state index contributed by atoms with van der Waals surface area (Å²) in [5, 5.41) is 16.3. The molecule has 2 aliphatic rings. The summed E-state index contributed by atoms with van der Waals surface area (Å²) in [6.07, 6.45) is 1.73. The molecule has 11 nitrogen and oxygen atoms in total. The first kappa shape index (κ1) is 25.4. The highest BCUT2D eigenvalue weighted by atomic mass is 19.1. The van der Waals surface area contributed by atoms with Gasteiger partial charge in [-0.05, 0) is 36.8 Å². The standard InChI is InChI=1S/C27H30FN7O4/c1-17-11-18(3-4-20(17)27(36)34-14-19(15-34)33-5-7-38-8-6-33)35-16-24(30-32-35)26-21-12-22(28)25(39-10-9-37-2)13-23(21)29-31-26/h3-4,11-13,16,19H,5-10,14-15H2,1-2H3,(H,29,31). The van der Waals surface area contributed by atoms with E-state index in [2.05, 4.69) is 25.4 Å². The second-order valence-corrected chi connectivity index (χ2v) is 9.80. The van der Waals surface area contributed by atoms with Crippen molar-refractivity contribution >= 4 is 16.8 Å². The van der Waals surface area contributed by atoms with Crippen molar-refractivity contribution in [1.29, 1.82) is 0 Å². The lowest BCUT2D eigenvalue weighted by Gasteiger charge is -2.46. The third-order valence-electron chi connectivity index (χ3n) is 7.31. The van der Waals surface area contributed by atoms with E-state index in [1.807, 2.05) is 30.0 Å². The molecule has 0 aliphatic carbocycles. The van der Waals surface area contributed by atoms with Crippen LogP contribution >= 0.6 is 0 Å². The number of aromatic amines is 1. The molecule has 0 unspecified atom stereocenters. The van der Waals surface area contributed by atoms with Crippen LogP contribution in [0.2, 0.25) is 0 Å². The maximum absolute atomic E-state index is 14.7. The molecule has 0 saturated carbocycles. The number of methoxy groups -OCH3 is 1. The number of amides is 1. The molecule has 0 radical (unpaired) electrons. The smallest absolute Gasteiger partial charge is 0.254 e. The fraction of sp³-hybridized carbons (Fsp3) is 0.407. The Balaban J connectivity index is 1.16. The van der Waals surface area contributed by atoms with Crippen LogP contribution in [0.1, 0.15) is 15.9 Å². The zero-order valence-corrected chi connectivity index (χ0v) is 21.9. The number of likely N-dealkylation sites (tertiary alicyclic amines) is 1. The number of hydrogen-bond acceptors (Lipinski definition) is 8. The van der Waals surface area contributed by atoms with Crippen LogP contribution in [0.25, 0.3) is 28.0 Å². The molecule has 204 valence electrons. The Bertz CT molecular complexity index is 1490. The minimum absolute atomic E-state index is 0.0402. The number of carbonyl (C=O) groups is 1. The number of nitrogens with one attached hydrogen (secondary N) is 1. The molecular formula is C27H30FN7O4. The molecule has 0 atom stereocenters. The normalized spacial score (nSPS) is 16.5. The number of rotatable bonds is 8. The van der Waals surface area contributed by atoms with Crippen molar-refractivity contribution in [2.75, 3.05) is 59.7 Å². The Morgan fingerprint density at radius 1 is 1.18 bits per heavy atom. The highest BCUT2D eigenvalue weighted by Crippen LogP contribution is 2.30. The van der Waals surface area contributed by atoms with Gasteiger partial charge in [-0.2, -0.15) is 5.10 Å². The molecule has 4 heterocycles. The zero-order valence-electron chi connectivity index (χ0n) is 21.9. The predicted octanol–water partition coefficient (Wildman–Crippen LogP) is 2.44. The number of fused-ring (bicyclic) bond motifs is 1. The first-order valence-electron chi connectivity index (χ1n) is 13.0. The summed E-state index contributed by atoms with van der Waals surface area (Å²) in [5.41, 5.74) is 3.89. The summed E-state index contributed by atoms with van der Waals surface area (Å²) in [7, 11) is 1.56. The summed E-state index contributed by atoms with van der Waals surface area (Å²) >= 11 is 0. The van der Waals surface area contributed by atoms with E-state index in [0.29, 0.717) is 40.5 Å². The molecule has 1 amide bonds. The Hall–Kier alpha value is -3.87. The van der Waals surface area contributed by atoms with Gasteiger partial charge in [0, 0.05) is 56.3 Å². The summed E-state index contributed by atoms with van der Waals surface area (Å²) in [6.45, 7) is 7.37. The van der Waals surface area contributed by atoms with E-state index in [1.165, 1.54) is 6.07 Å². The van der Waals surface area contributed by atoms with E-state index < -0.39 is 5.82 Å². The van der Waals surface area contributed by atoms with Crippen molar-refractivity contribution < 1.29 is 23.4 Å². The van der Waals surface area contributed by atoms with Crippen molar-refractivity contribution in [3.05, 3.63) is 53.5 Å². The molecule has 12 heteroatoms.